The lowest BCUT2D eigenvalue weighted by Crippen LogP contribution is -2.09. The van der Waals surface area contributed by atoms with Crippen LogP contribution in [-0.2, 0) is 41.3 Å². The SMILES string of the molecule is COCCOCCOCCCc1cc2c(ccc3c2ccc2c4ccc5[nH]c(CCCOCCOCCOC)cc5c4ccc32)[nH]1. The van der Waals surface area contributed by atoms with Crippen LogP contribution in [0.2, 0.25) is 0 Å². The molecule has 0 radical (unpaired) electrons. The van der Waals surface area contributed by atoms with Gasteiger partial charge >= 0.3 is 0 Å². The van der Waals surface area contributed by atoms with E-state index >= 15 is 0 Å². The first kappa shape index (κ1) is 32.4. The lowest BCUT2D eigenvalue weighted by atomic mass is 9.94. The summed E-state index contributed by atoms with van der Waals surface area (Å²) < 4.78 is 32.4. The number of methoxy groups -OCH3 is 2. The summed E-state index contributed by atoms with van der Waals surface area (Å²) in [6, 6.07) is 22.8. The van der Waals surface area contributed by atoms with E-state index in [1.165, 1.54) is 65.5 Å². The van der Waals surface area contributed by atoms with Gasteiger partial charge in [-0.3, -0.25) is 0 Å². The zero-order chi connectivity index (χ0) is 31.6. The van der Waals surface area contributed by atoms with Gasteiger partial charge in [0, 0.05) is 60.6 Å². The van der Waals surface area contributed by atoms with E-state index in [1.54, 1.807) is 14.2 Å². The minimum Gasteiger partial charge on any atom is -0.382 e. The largest absolute Gasteiger partial charge is 0.382 e. The Balaban J connectivity index is 1.11. The fourth-order valence-corrected chi connectivity index (χ4v) is 6.31. The standard InChI is InChI=1S/C38H46N2O6/c1-41-17-19-45-23-21-43-15-3-5-27-25-35-33-9-7-30-29(31(33)11-13-37(35)39-27)8-10-34-32(30)12-14-38-36(34)26-28(40-38)6-4-16-44-22-24-46-20-18-42-2/h7-14,25-26,39-40H,3-6,15-24H2,1-2H3. The van der Waals surface area contributed by atoms with Gasteiger partial charge in [0.25, 0.3) is 0 Å². The van der Waals surface area contributed by atoms with Crippen molar-refractivity contribution in [3.8, 4) is 0 Å². The molecule has 0 spiro atoms. The molecular formula is C38H46N2O6. The first-order valence-corrected chi connectivity index (χ1v) is 16.5. The molecule has 0 aliphatic rings. The van der Waals surface area contributed by atoms with Gasteiger partial charge in [0.05, 0.1) is 52.9 Å². The van der Waals surface area contributed by atoms with Gasteiger partial charge in [0.15, 0.2) is 0 Å². The van der Waals surface area contributed by atoms with Crippen molar-refractivity contribution in [3.05, 3.63) is 72.1 Å². The van der Waals surface area contributed by atoms with Gasteiger partial charge in [0.2, 0.25) is 0 Å². The van der Waals surface area contributed by atoms with Crippen LogP contribution >= 0.6 is 0 Å². The lowest BCUT2D eigenvalue weighted by molar-refractivity contribution is 0.0243. The number of hydrogen-bond donors (Lipinski definition) is 2. The Morgan fingerprint density at radius 3 is 1.11 bits per heavy atom. The molecule has 244 valence electrons. The molecule has 0 unspecified atom stereocenters. The molecule has 8 nitrogen and oxygen atoms in total. The highest BCUT2D eigenvalue weighted by molar-refractivity contribution is 6.24. The van der Waals surface area contributed by atoms with Crippen LogP contribution in [0.3, 0.4) is 0 Å². The van der Waals surface area contributed by atoms with Crippen molar-refractivity contribution in [2.75, 3.05) is 80.3 Å². The number of H-pyrrole nitrogens is 2. The van der Waals surface area contributed by atoms with E-state index in [9.17, 15) is 0 Å². The second-order valence-corrected chi connectivity index (χ2v) is 11.7. The molecular weight excluding hydrogens is 580 g/mol. The van der Waals surface area contributed by atoms with Crippen LogP contribution in [0.15, 0.2) is 60.7 Å². The highest BCUT2D eigenvalue weighted by Crippen LogP contribution is 2.37. The number of benzene rings is 4. The molecule has 8 heteroatoms. The molecule has 2 N–H and O–H groups in total. The molecule has 2 aromatic heterocycles. The Bertz CT molecular complexity index is 1720. The Morgan fingerprint density at radius 1 is 0.391 bits per heavy atom. The zero-order valence-electron chi connectivity index (χ0n) is 27.1. The average Bonchev–Trinajstić information content (AvgIpc) is 3.70. The van der Waals surface area contributed by atoms with Crippen molar-refractivity contribution < 1.29 is 28.4 Å². The van der Waals surface area contributed by atoms with E-state index in [-0.39, 0.29) is 0 Å². The maximum absolute atomic E-state index is 5.74. The maximum Gasteiger partial charge on any atom is 0.0701 e. The molecule has 0 saturated carbocycles. The molecule has 0 fully saturated rings. The average molecular weight is 627 g/mol. The first-order chi connectivity index (χ1) is 22.8. The van der Waals surface area contributed by atoms with Gasteiger partial charge < -0.3 is 38.4 Å². The highest BCUT2D eigenvalue weighted by Gasteiger charge is 2.12. The van der Waals surface area contributed by atoms with E-state index < -0.39 is 0 Å². The second kappa shape index (κ2) is 16.4. The molecule has 0 atom stereocenters. The van der Waals surface area contributed by atoms with Crippen LogP contribution in [0.1, 0.15) is 24.2 Å². The minimum atomic E-state index is 0.603. The summed E-state index contributed by atoms with van der Waals surface area (Å²) in [5, 5.41) is 10.3. The molecule has 4 aromatic carbocycles. The third-order valence-electron chi connectivity index (χ3n) is 8.58. The smallest absolute Gasteiger partial charge is 0.0701 e. The van der Waals surface area contributed by atoms with Gasteiger partial charge in [-0.1, -0.05) is 36.4 Å². The normalized spacial score (nSPS) is 12.1. The molecule has 2 heterocycles. The summed E-state index contributed by atoms with van der Waals surface area (Å²) in [5.41, 5.74) is 4.84. The van der Waals surface area contributed by atoms with Crippen LogP contribution in [0, 0.1) is 0 Å². The molecule has 6 aromatic rings. The molecule has 0 bridgehead atoms. The Kier molecular flexibility index (Phi) is 11.5. The summed E-state index contributed by atoms with van der Waals surface area (Å²) in [6.45, 7) is 6.32. The fourth-order valence-electron chi connectivity index (χ4n) is 6.31. The molecule has 0 aliphatic heterocycles. The van der Waals surface area contributed by atoms with Gasteiger partial charge in [-0.15, -0.1) is 0 Å². The number of aromatic nitrogens is 2. The maximum atomic E-state index is 5.74. The van der Waals surface area contributed by atoms with Crippen molar-refractivity contribution in [3.63, 3.8) is 0 Å². The lowest BCUT2D eigenvalue weighted by Gasteiger charge is -2.09. The number of aromatic amines is 2. The summed E-state index contributed by atoms with van der Waals surface area (Å²) in [5.74, 6) is 0. The van der Waals surface area contributed by atoms with Gasteiger partial charge in [0.1, 0.15) is 0 Å². The number of fused-ring (bicyclic) bond motifs is 9. The summed E-state index contributed by atoms with van der Waals surface area (Å²) >= 11 is 0. The van der Waals surface area contributed by atoms with Crippen LogP contribution in [0.25, 0.3) is 54.1 Å². The number of ether oxygens (including phenoxy) is 6. The van der Waals surface area contributed by atoms with Crippen LogP contribution < -0.4 is 0 Å². The van der Waals surface area contributed by atoms with Crippen LogP contribution in [0.4, 0.5) is 0 Å². The van der Waals surface area contributed by atoms with E-state index in [0.29, 0.717) is 52.9 Å². The molecule has 6 rings (SSSR count). The minimum absolute atomic E-state index is 0.603. The monoisotopic (exact) mass is 626 g/mol. The van der Waals surface area contributed by atoms with Gasteiger partial charge in [-0.2, -0.15) is 0 Å². The number of hydrogen-bond acceptors (Lipinski definition) is 6. The topological polar surface area (TPSA) is 87.0 Å². The number of nitrogens with one attached hydrogen (secondary N) is 2. The summed E-state index contributed by atoms with van der Waals surface area (Å²) in [7, 11) is 3.36. The first-order valence-electron chi connectivity index (χ1n) is 16.5. The van der Waals surface area contributed by atoms with E-state index in [4.69, 9.17) is 28.4 Å². The van der Waals surface area contributed by atoms with Crippen molar-refractivity contribution in [2.24, 2.45) is 0 Å². The van der Waals surface area contributed by atoms with Crippen molar-refractivity contribution in [1.29, 1.82) is 0 Å². The Hall–Kier alpha value is -3.50. The second-order valence-electron chi connectivity index (χ2n) is 11.7. The molecule has 46 heavy (non-hydrogen) atoms. The number of aryl methyl sites for hydroxylation is 2. The quantitative estimate of drug-likeness (QED) is 0.0682. The Labute approximate surface area is 270 Å². The predicted octanol–water partition coefficient (Wildman–Crippen LogP) is 7.33. The van der Waals surface area contributed by atoms with Crippen LogP contribution in [-0.4, -0.2) is 90.3 Å². The number of rotatable bonds is 20. The van der Waals surface area contributed by atoms with Crippen LogP contribution in [0.5, 0.6) is 0 Å². The predicted molar refractivity (Wildman–Crippen MR) is 186 cm³/mol. The summed E-state index contributed by atoms with van der Waals surface area (Å²) in [6.07, 6.45) is 3.83. The molecule has 0 amide bonds. The molecule has 0 saturated heterocycles. The van der Waals surface area contributed by atoms with E-state index in [0.717, 1.165) is 38.9 Å². The fraction of sp³-hybridized carbons (Fsp3) is 0.421. The van der Waals surface area contributed by atoms with Crippen molar-refractivity contribution in [2.45, 2.75) is 25.7 Å². The zero-order valence-corrected chi connectivity index (χ0v) is 27.1. The van der Waals surface area contributed by atoms with Crippen molar-refractivity contribution in [1.82, 2.24) is 9.97 Å². The van der Waals surface area contributed by atoms with Gasteiger partial charge in [-0.05, 0) is 82.3 Å². The highest BCUT2D eigenvalue weighted by atomic mass is 16.5. The Morgan fingerprint density at radius 2 is 0.717 bits per heavy atom. The van der Waals surface area contributed by atoms with E-state index in [1.807, 2.05) is 0 Å². The van der Waals surface area contributed by atoms with Crippen molar-refractivity contribution >= 4 is 54.1 Å². The van der Waals surface area contributed by atoms with E-state index in [2.05, 4.69) is 70.6 Å². The summed E-state index contributed by atoms with van der Waals surface area (Å²) in [4.78, 5) is 7.26. The molecule has 0 aliphatic carbocycles. The third-order valence-corrected chi connectivity index (χ3v) is 8.58. The third kappa shape index (κ3) is 7.72. The van der Waals surface area contributed by atoms with Gasteiger partial charge in [-0.25, -0.2) is 0 Å².